The zero-order valence-corrected chi connectivity index (χ0v) is 15.8. The minimum absolute atomic E-state index is 0.247. The largest absolute Gasteiger partial charge is 0.335 e. The van der Waals surface area contributed by atoms with Gasteiger partial charge in [0.25, 0.3) is 5.91 Å². The second kappa shape index (κ2) is 5.97. The molecule has 2 aliphatic rings. The van der Waals surface area contributed by atoms with Crippen LogP contribution in [0, 0.1) is 0 Å². The molecule has 1 atom stereocenters. The number of anilines is 2. The van der Waals surface area contributed by atoms with E-state index in [1.54, 1.807) is 11.1 Å². The van der Waals surface area contributed by atoms with Crippen molar-refractivity contribution in [3.63, 3.8) is 0 Å². The normalized spacial score (nSPS) is 21.9. The van der Waals surface area contributed by atoms with E-state index in [2.05, 4.69) is 9.88 Å². The summed E-state index contributed by atoms with van der Waals surface area (Å²) in [4.78, 5) is 31.8. The van der Waals surface area contributed by atoms with E-state index in [9.17, 15) is 9.59 Å². The average molecular weight is 396 g/mol. The Labute approximate surface area is 159 Å². The van der Waals surface area contributed by atoms with Crippen molar-refractivity contribution in [2.45, 2.75) is 18.8 Å². The number of carbonyl (C=O) groups excluding carboxylic acids is 2. The fourth-order valence-electron chi connectivity index (χ4n) is 3.80. The molecule has 1 aromatic carbocycles. The van der Waals surface area contributed by atoms with E-state index >= 15 is 0 Å². The molecule has 5 nitrogen and oxygen atoms in total. The second-order valence-electron chi connectivity index (χ2n) is 6.51. The highest BCUT2D eigenvalue weighted by Gasteiger charge is 2.49. The summed E-state index contributed by atoms with van der Waals surface area (Å²) in [5.41, 5.74) is 1.89. The highest BCUT2D eigenvalue weighted by molar-refractivity contribution is 7.19. The highest BCUT2D eigenvalue weighted by Crippen LogP contribution is 2.50. The third-order valence-electron chi connectivity index (χ3n) is 4.92. The van der Waals surface area contributed by atoms with Gasteiger partial charge in [0.05, 0.1) is 6.20 Å². The third-order valence-corrected chi connectivity index (χ3v) is 6.29. The van der Waals surface area contributed by atoms with E-state index < -0.39 is 11.7 Å². The molecule has 0 N–H and O–H groups in total. The lowest BCUT2D eigenvalue weighted by Gasteiger charge is -2.25. The van der Waals surface area contributed by atoms with Gasteiger partial charge in [-0.2, -0.15) is 0 Å². The van der Waals surface area contributed by atoms with Gasteiger partial charge < -0.3 is 9.80 Å². The van der Waals surface area contributed by atoms with Gasteiger partial charge in [-0.15, -0.1) is 0 Å². The number of hydrogen-bond donors (Lipinski definition) is 0. The smallest absolute Gasteiger partial charge is 0.289 e. The van der Waals surface area contributed by atoms with Crippen LogP contribution in [0.4, 0.5) is 10.8 Å². The lowest BCUT2D eigenvalue weighted by atomic mass is 9.81. The van der Waals surface area contributed by atoms with Crippen LogP contribution in [-0.2, 0) is 15.0 Å². The van der Waals surface area contributed by atoms with Crippen LogP contribution in [0.5, 0.6) is 0 Å². The molecule has 3 heterocycles. The molecule has 1 unspecified atom stereocenters. The molecule has 2 aromatic rings. The fraction of sp³-hybridized carbons (Fsp3) is 0.353. The summed E-state index contributed by atoms with van der Waals surface area (Å²) < 4.78 is 0.631. The highest BCUT2D eigenvalue weighted by atomic mass is 35.5. The lowest BCUT2D eigenvalue weighted by Crippen LogP contribution is -2.39. The zero-order chi connectivity index (χ0) is 17.8. The number of carbonyl (C=O) groups is 2. The van der Waals surface area contributed by atoms with Crippen LogP contribution in [0.25, 0.3) is 0 Å². The van der Waals surface area contributed by atoms with Crippen molar-refractivity contribution in [2.75, 3.05) is 24.5 Å². The van der Waals surface area contributed by atoms with Crippen LogP contribution in [0.15, 0.2) is 24.4 Å². The number of Topliss-reactive ketones (excluding diaryl/α,β-unsaturated/α-hetero) is 1. The number of benzene rings is 1. The number of thiazole rings is 1. The van der Waals surface area contributed by atoms with Gasteiger partial charge >= 0.3 is 0 Å². The predicted octanol–water partition coefficient (Wildman–Crippen LogP) is 3.66. The Bertz CT molecular complexity index is 885. The lowest BCUT2D eigenvalue weighted by molar-refractivity contribution is -0.143. The Morgan fingerprint density at radius 1 is 1.28 bits per heavy atom. The third kappa shape index (κ3) is 2.72. The first-order chi connectivity index (χ1) is 11.9. The Kier molecular flexibility index (Phi) is 4.02. The topological polar surface area (TPSA) is 53.5 Å². The predicted molar refractivity (Wildman–Crippen MR) is 99.1 cm³/mol. The van der Waals surface area contributed by atoms with E-state index in [1.807, 2.05) is 18.2 Å². The van der Waals surface area contributed by atoms with E-state index in [0.717, 1.165) is 22.8 Å². The van der Waals surface area contributed by atoms with Crippen LogP contribution in [0.3, 0.4) is 0 Å². The Balaban J connectivity index is 1.75. The van der Waals surface area contributed by atoms with E-state index in [4.69, 9.17) is 23.2 Å². The van der Waals surface area contributed by atoms with Gasteiger partial charge in [0.2, 0.25) is 5.78 Å². The number of nitrogens with zero attached hydrogens (tertiary/aromatic N) is 3. The van der Waals surface area contributed by atoms with Crippen molar-refractivity contribution in [2.24, 2.45) is 0 Å². The number of aromatic nitrogens is 1. The summed E-state index contributed by atoms with van der Waals surface area (Å²) in [5.74, 6) is -0.846. The van der Waals surface area contributed by atoms with E-state index in [1.165, 1.54) is 18.3 Å². The monoisotopic (exact) mass is 395 g/mol. The quantitative estimate of drug-likeness (QED) is 0.728. The van der Waals surface area contributed by atoms with E-state index in [-0.39, 0.29) is 5.41 Å². The Morgan fingerprint density at radius 3 is 2.76 bits per heavy atom. The average Bonchev–Trinajstić information content (AvgIpc) is 3.26. The van der Waals surface area contributed by atoms with Gasteiger partial charge in [-0.05, 0) is 30.2 Å². The molecule has 4 rings (SSSR count). The summed E-state index contributed by atoms with van der Waals surface area (Å²) in [5, 5.41) is 1.48. The summed E-state index contributed by atoms with van der Waals surface area (Å²) in [7, 11) is 0. The van der Waals surface area contributed by atoms with Crippen LogP contribution < -0.4 is 4.90 Å². The van der Waals surface area contributed by atoms with Crippen molar-refractivity contribution < 1.29 is 9.59 Å². The molecule has 2 aliphatic heterocycles. The Morgan fingerprint density at radius 2 is 2.08 bits per heavy atom. The first kappa shape index (κ1) is 16.8. The number of rotatable bonds is 2. The van der Waals surface area contributed by atoms with Crippen molar-refractivity contribution in [3.05, 3.63) is 39.3 Å². The first-order valence-electron chi connectivity index (χ1n) is 7.88. The fourth-order valence-corrected chi connectivity index (χ4v) is 4.89. The van der Waals surface area contributed by atoms with Crippen molar-refractivity contribution in [1.29, 1.82) is 0 Å². The molecule has 1 aromatic heterocycles. The number of ketones is 1. The molecule has 8 heteroatoms. The molecule has 0 radical (unpaired) electrons. The van der Waals surface area contributed by atoms with Gasteiger partial charge in [-0.25, -0.2) is 4.98 Å². The standard InChI is InChI=1S/C17H15Cl2N3O2S/c1-10(23)15(24)21-5-4-17(8-21)9-22(16-20-7-14(19)25-16)13-3-2-11(18)6-12(13)17/h2-3,6-7H,4-5,8-9H2,1H3. The minimum atomic E-state index is -0.426. The molecule has 1 spiro atoms. The van der Waals surface area contributed by atoms with Crippen LogP contribution in [0.2, 0.25) is 9.36 Å². The van der Waals surface area contributed by atoms with Crippen molar-refractivity contribution >= 4 is 57.0 Å². The van der Waals surface area contributed by atoms with Crippen molar-refractivity contribution in [3.8, 4) is 0 Å². The molecule has 1 saturated heterocycles. The minimum Gasteiger partial charge on any atom is -0.335 e. The molecule has 0 saturated carbocycles. The summed E-state index contributed by atoms with van der Waals surface area (Å²) in [6.07, 6.45) is 2.43. The second-order valence-corrected chi connectivity index (χ2v) is 8.58. The molecule has 130 valence electrons. The SMILES string of the molecule is CC(=O)C(=O)N1CCC2(C1)CN(c1ncc(Cl)s1)c1ccc(Cl)cc12. The number of halogens is 2. The molecule has 1 fully saturated rings. The Hall–Kier alpha value is -1.63. The summed E-state index contributed by atoms with van der Waals surface area (Å²) in [6, 6.07) is 5.81. The number of amides is 1. The molecule has 0 aliphatic carbocycles. The molecular formula is C17H15Cl2N3O2S. The zero-order valence-electron chi connectivity index (χ0n) is 13.5. The number of fused-ring (bicyclic) bond motifs is 2. The number of likely N-dealkylation sites (tertiary alicyclic amines) is 1. The van der Waals surface area contributed by atoms with E-state index in [0.29, 0.717) is 29.0 Å². The first-order valence-corrected chi connectivity index (χ1v) is 9.46. The molecular weight excluding hydrogens is 381 g/mol. The summed E-state index contributed by atoms with van der Waals surface area (Å²) in [6.45, 7) is 3.08. The molecule has 1 amide bonds. The molecule has 0 bridgehead atoms. The van der Waals surface area contributed by atoms with Gasteiger partial charge in [-0.3, -0.25) is 9.59 Å². The van der Waals surface area contributed by atoms with Gasteiger partial charge in [0, 0.05) is 42.7 Å². The van der Waals surface area contributed by atoms with Gasteiger partial charge in [-0.1, -0.05) is 34.5 Å². The van der Waals surface area contributed by atoms with Gasteiger partial charge in [0.1, 0.15) is 4.34 Å². The maximum Gasteiger partial charge on any atom is 0.289 e. The maximum absolute atomic E-state index is 12.1. The summed E-state index contributed by atoms with van der Waals surface area (Å²) >= 11 is 13.7. The van der Waals surface area contributed by atoms with Crippen LogP contribution >= 0.6 is 34.5 Å². The van der Waals surface area contributed by atoms with Crippen LogP contribution in [-0.4, -0.2) is 41.2 Å². The van der Waals surface area contributed by atoms with Crippen molar-refractivity contribution in [1.82, 2.24) is 9.88 Å². The number of hydrogen-bond acceptors (Lipinski definition) is 5. The molecule has 25 heavy (non-hydrogen) atoms. The maximum atomic E-state index is 12.1. The van der Waals surface area contributed by atoms with Gasteiger partial charge in [0.15, 0.2) is 5.13 Å². The van der Waals surface area contributed by atoms with Crippen LogP contribution in [0.1, 0.15) is 18.9 Å².